The number of aromatic nitrogens is 1. The van der Waals surface area contributed by atoms with Gasteiger partial charge in [0.05, 0.1) is 19.2 Å². The minimum Gasteiger partial charge on any atom is -0.497 e. The number of ether oxygens (including phenoxy) is 1. The topological polar surface area (TPSA) is 101 Å². The third-order valence-electron chi connectivity index (χ3n) is 4.12. The lowest BCUT2D eigenvalue weighted by Crippen LogP contribution is -2.42. The Bertz CT molecular complexity index is 877. The molecule has 9 heteroatoms. The van der Waals surface area contributed by atoms with Crippen LogP contribution in [0.5, 0.6) is 5.75 Å². The summed E-state index contributed by atoms with van der Waals surface area (Å²) >= 11 is 1.24. The second kappa shape index (κ2) is 10.7. The molecule has 8 nitrogen and oxygen atoms in total. The molecule has 0 fully saturated rings. The van der Waals surface area contributed by atoms with Gasteiger partial charge in [-0.3, -0.25) is 14.4 Å². The van der Waals surface area contributed by atoms with E-state index in [0.29, 0.717) is 22.1 Å². The van der Waals surface area contributed by atoms with Crippen molar-refractivity contribution < 1.29 is 19.1 Å². The summed E-state index contributed by atoms with van der Waals surface area (Å²) < 4.78 is 5.11. The van der Waals surface area contributed by atoms with Crippen LogP contribution in [0.2, 0.25) is 0 Å². The van der Waals surface area contributed by atoms with E-state index in [1.807, 2.05) is 27.7 Å². The quantitative estimate of drug-likeness (QED) is 0.635. The van der Waals surface area contributed by atoms with Crippen molar-refractivity contribution in [3.05, 3.63) is 40.9 Å². The molecule has 0 aliphatic heterocycles. The highest BCUT2D eigenvalue weighted by Gasteiger charge is 2.22. The summed E-state index contributed by atoms with van der Waals surface area (Å²) in [6.07, 6.45) is 0.151. The molecule has 0 saturated carbocycles. The van der Waals surface area contributed by atoms with E-state index in [1.165, 1.54) is 16.2 Å². The number of benzene rings is 1. The number of carbonyl (C=O) groups is 3. The normalized spacial score (nSPS) is 10.8. The number of amides is 3. The smallest absolute Gasteiger partial charge is 0.254 e. The van der Waals surface area contributed by atoms with Crippen LogP contribution >= 0.6 is 11.3 Å². The number of methoxy groups -OCH3 is 1. The van der Waals surface area contributed by atoms with Gasteiger partial charge in [-0.2, -0.15) is 0 Å². The number of rotatable bonds is 9. The summed E-state index contributed by atoms with van der Waals surface area (Å²) in [5.74, 6) is -0.0580. The largest absolute Gasteiger partial charge is 0.497 e. The third-order valence-corrected chi connectivity index (χ3v) is 4.93. The van der Waals surface area contributed by atoms with Crippen LogP contribution in [0.4, 0.5) is 5.13 Å². The van der Waals surface area contributed by atoms with Gasteiger partial charge >= 0.3 is 0 Å². The minimum absolute atomic E-state index is 0.0561. The molecule has 3 amide bonds. The molecular formula is C21H28N4O4S. The van der Waals surface area contributed by atoms with Gasteiger partial charge in [0.15, 0.2) is 5.13 Å². The van der Waals surface area contributed by atoms with Gasteiger partial charge < -0.3 is 20.3 Å². The Morgan fingerprint density at radius 3 is 2.33 bits per heavy atom. The zero-order valence-electron chi connectivity index (χ0n) is 17.9. The van der Waals surface area contributed by atoms with Crippen molar-refractivity contribution in [2.75, 3.05) is 19.0 Å². The van der Waals surface area contributed by atoms with Crippen molar-refractivity contribution in [1.82, 2.24) is 15.2 Å². The molecule has 0 unspecified atom stereocenters. The molecule has 0 radical (unpaired) electrons. The van der Waals surface area contributed by atoms with Crippen LogP contribution in [0.25, 0.3) is 0 Å². The molecule has 0 atom stereocenters. The molecule has 162 valence electrons. The fraction of sp³-hybridized carbons (Fsp3) is 0.429. The number of anilines is 1. The molecule has 2 aromatic rings. The molecule has 1 aromatic heterocycles. The molecule has 0 saturated heterocycles. The molecule has 1 heterocycles. The van der Waals surface area contributed by atoms with Gasteiger partial charge in [0.25, 0.3) is 5.91 Å². The average molecular weight is 433 g/mol. The van der Waals surface area contributed by atoms with Crippen LogP contribution in [0.1, 0.15) is 43.7 Å². The van der Waals surface area contributed by atoms with E-state index < -0.39 is 0 Å². The van der Waals surface area contributed by atoms with Crippen LogP contribution in [-0.2, 0) is 16.0 Å². The molecule has 0 spiro atoms. The first-order chi connectivity index (χ1) is 14.2. The summed E-state index contributed by atoms with van der Waals surface area (Å²) in [6.45, 7) is 7.37. The number of hydrogen-bond donors (Lipinski definition) is 2. The number of hydrogen-bond acceptors (Lipinski definition) is 6. The molecular weight excluding hydrogens is 404 g/mol. The Labute approximate surface area is 180 Å². The summed E-state index contributed by atoms with van der Waals surface area (Å²) in [6, 6.07) is 6.64. The number of thiazole rings is 1. The lowest BCUT2D eigenvalue weighted by Gasteiger charge is -2.26. The van der Waals surface area contributed by atoms with Gasteiger partial charge in [0, 0.05) is 23.0 Å². The van der Waals surface area contributed by atoms with Crippen molar-refractivity contribution in [2.24, 2.45) is 0 Å². The van der Waals surface area contributed by atoms with Crippen molar-refractivity contribution >= 4 is 34.2 Å². The van der Waals surface area contributed by atoms with Gasteiger partial charge in [-0.1, -0.05) is 0 Å². The van der Waals surface area contributed by atoms with Gasteiger partial charge in [0.1, 0.15) is 12.3 Å². The van der Waals surface area contributed by atoms with E-state index in [2.05, 4.69) is 15.6 Å². The SMILES string of the molecule is COc1ccc(C(=O)N(CC(=O)Nc2nc(CC(=O)NC(C)C)cs2)C(C)C)cc1. The van der Waals surface area contributed by atoms with Crippen LogP contribution in [0.15, 0.2) is 29.6 Å². The zero-order chi connectivity index (χ0) is 22.3. The maximum Gasteiger partial charge on any atom is 0.254 e. The molecule has 2 rings (SSSR count). The van der Waals surface area contributed by atoms with Crippen molar-refractivity contribution in [1.29, 1.82) is 0 Å². The Kier molecular flexibility index (Phi) is 8.35. The second-order valence-electron chi connectivity index (χ2n) is 7.35. The van der Waals surface area contributed by atoms with Crippen LogP contribution < -0.4 is 15.4 Å². The first kappa shape index (κ1) is 23.3. The Morgan fingerprint density at radius 2 is 1.77 bits per heavy atom. The summed E-state index contributed by atoms with van der Waals surface area (Å²) in [7, 11) is 1.56. The lowest BCUT2D eigenvalue weighted by molar-refractivity contribution is -0.121. The van der Waals surface area contributed by atoms with Gasteiger partial charge in [0.2, 0.25) is 11.8 Å². The van der Waals surface area contributed by atoms with Crippen LogP contribution in [0, 0.1) is 0 Å². The predicted molar refractivity (Wildman–Crippen MR) is 117 cm³/mol. The fourth-order valence-corrected chi connectivity index (χ4v) is 3.41. The lowest BCUT2D eigenvalue weighted by atomic mass is 10.1. The summed E-state index contributed by atoms with van der Waals surface area (Å²) in [4.78, 5) is 42.9. The minimum atomic E-state index is -0.349. The predicted octanol–water partition coefficient (Wildman–Crippen LogP) is 2.71. The van der Waals surface area contributed by atoms with E-state index in [1.54, 1.807) is 36.8 Å². The van der Waals surface area contributed by atoms with Gasteiger partial charge in [-0.25, -0.2) is 4.98 Å². The standard InChI is InChI=1S/C21H28N4O4S/c1-13(2)22-18(26)10-16-12-30-21(23-16)24-19(27)11-25(14(3)4)20(28)15-6-8-17(29-5)9-7-15/h6-9,12-14H,10-11H2,1-5H3,(H,22,26)(H,23,24,27). The molecule has 0 aliphatic carbocycles. The highest BCUT2D eigenvalue weighted by molar-refractivity contribution is 7.13. The van der Waals surface area contributed by atoms with E-state index >= 15 is 0 Å². The second-order valence-corrected chi connectivity index (χ2v) is 8.20. The molecule has 0 bridgehead atoms. The highest BCUT2D eigenvalue weighted by atomic mass is 32.1. The van der Waals surface area contributed by atoms with E-state index in [4.69, 9.17) is 4.74 Å². The first-order valence-corrected chi connectivity index (χ1v) is 10.6. The monoisotopic (exact) mass is 432 g/mol. The number of carbonyl (C=O) groups excluding carboxylic acids is 3. The molecule has 2 N–H and O–H groups in total. The third kappa shape index (κ3) is 6.84. The van der Waals surface area contributed by atoms with Crippen molar-refractivity contribution in [2.45, 2.75) is 46.2 Å². The van der Waals surface area contributed by atoms with Gasteiger partial charge in [-0.05, 0) is 52.0 Å². The van der Waals surface area contributed by atoms with E-state index in [-0.39, 0.29) is 42.8 Å². The summed E-state index contributed by atoms with van der Waals surface area (Å²) in [5, 5.41) is 7.64. The fourth-order valence-electron chi connectivity index (χ4n) is 2.68. The highest BCUT2D eigenvalue weighted by Crippen LogP contribution is 2.17. The van der Waals surface area contributed by atoms with Crippen molar-refractivity contribution in [3.63, 3.8) is 0 Å². The van der Waals surface area contributed by atoms with Crippen LogP contribution in [-0.4, -0.2) is 53.3 Å². The first-order valence-electron chi connectivity index (χ1n) is 9.68. The maximum absolute atomic E-state index is 12.8. The van der Waals surface area contributed by atoms with Crippen molar-refractivity contribution in [3.8, 4) is 5.75 Å². The zero-order valence-corrected chi connectivity index (χ0v) is 18.7. The maximum atomic E-state index is 12.8. The van der Waals surface area contributed by atoms with E-state index in [9.17, 15) is 14.4 Å². The summed E-state index contributed by atoms with van der Waals surface area (Å²) in [5.41, 5.74) is 1.06. The molecule has 0 aliphatic rings. The van der Waals surface area contributed by atoms with E-state index in [0.717, 1.165) is 0 Å². The van der Waals surface area contributed by atoms with Gasteiger partial charge in [-0.15, -0.1) is 11.3 Å². The Morgan fingerprint density at radius 1 is 1.10 bits per heavy atom. The Hall–Kier alpha value is -2.94. The average Bonchev–Trinajstić information content (AvgIpc) is 3.11. The Balaban J connectivity index is 1.98. The number of nitrogens with zero attached hydrogens (tertiary/aromatic N) is 2. The molecule has 30 heavy (non-hydrogen) atoms. The molecule has 1 aromatic carbocycles. The van der Waals surface area contributed by atoms with Crippen LogP contribution in [0.3, 0.4) is 0 Å². The number of nitrogens with one attached hydrogen (secondary N) is 2.